The highest BCUT2D eigenvalue weighted by atomic mass is 19.4. The summed E-state index contributed by atoms with van der Waals surface area (Å²) in [5.74, 6) is -6.17. The lowest BCUT2D eigenvalue weighted by molar-refractivity contribution is -0.259. The lowest BCUT2D eigenvalue weighted by atomic mass is 10.1. The van der Waals surface area contributed by atoms with E-state index in [0.717, 1.165) is 32.6 Å². The molecule has 142 valence electrons. The van der Waals surface area contributed by atoms with Gasteiger partial charge in [-0.25, -0.2) is 4.79 Å². The van der Waals surface area contributed by atoms with Crippen LogP contribution in [0, 0.1) is 0 Å². The Morgan fingerprint density at radius 2 is 1.33 bits per heavy atom. The number of halogens is 5. The second-order valence-corrected chi connectivity index (χ2v) is 5.91. The van der Waals surface area contributed by atoms with Crippen molar-refractivity contribution in [1.82, 2.24) is 0 Å². The van der Waals surface area contributed by atoms with Crippen LogP contribution in [0.2, 0.25) is 0 Å². The van der Waals surface area contributed by atoms with Crippen molar-refractivity contribution in [2.75, 3.05) is 6.61 Å². The highest BCUT2D eigenvalue weighted by Gasteiger charge is 2.56. The van der Waals surface area contributed by atoms with E-state index in [2.05, 4.69) is 6.92 Å². The molecular weight excluding hydrogens is 331 g/mol. The van der Waals surface area contributed by atoms with Crippen molar-refractivity contribution in [3.63, 3.8) is 0 Å². The van der Waals surface area contributed by atoms with Gasteiger partial charge in [0.15, 0.2) is 0 Å². The van der Waals surface area contributed by atoms with Gasteiger partial charge in [-0.2, -0.15) is 22.0 Å². The molecule has 0 amide bonds. The quantitative estimate of drug-likeness (QED) is 0.180. The van der Waals surface area contributed by atoms with Gasteiger partial charge in [-0.3, -0.25) is 0 Å². The Hall–Kier alpha value is -1.14. The Morgan fingerprint density at radius 1 is 0.875 bits per heavy atom. The number of hydrogen-bond donors (Lipinski definition) is 0. The number of unbranched alkanes of at least 4 members (excludes halogenated alkanes) is 8. The smallest absolute Gasteiger partial charge is 0.457 e. The van der Waals surface area contributed by atoms with E-state index in [0.29, 0.717) is 6.42 Å². The first-order chi connectivity index (χ1) is 11.1. The van der Waals surface area contributed by atoms with Gasteiger partial charge in [-0.15, -0.1) is 0 Å². The van der Waals surface area contributed by atoms with E-state index >= 15 is 0 Å². The number of rotatable bonds is 12. The SMILES string of the molecule is CCCCCCCCCCCOC(=O)C(C)=CC(F)(F)C(F)(F)F. The highest BCUT2D eigenvalue weighted by molar-refractivity contribution is 5.87. The summed E-state index contributed by atoms with van der Waals surface area (Å²) in [5, 5.41) is 0. The van der Waals surface area contributed by atoms with Crippen LogP contribution in [0.4, 0.5) is 22.0 Å². The van der Waals surface area contributed by atoms with Gasteiger partial charge in [0, 0.05) is 11.6 Å². The molecule has 0 fully saturated rings. The summed E-state index contributed by atoms with van der Waals surface area (Å²) >= 11 is 0. The Balaban J connectivity index is 3.87. The van der Waals surface area contributed by atoms with Crippen molar-refractivity contribution in [1.29, 1.82) is 0 Å². The number of carbonyl (C=O) groups is 1. The Labute approximate surface area is 140 Å². The zero-order chi connectivity index (χ0) is 18.6. The molecule has 0 atom stereocenters. The predicted octanol–water partition coefficient (Wildman–Crippen LogP) is 6.20. The molecule has 7 heteroatoms. The molecule has 0 spiro atoms. The predicted molar refractivity (Wildman–Crippen MR) is 82.9 cm³/mol. The molecule has 0 rings (SSSR count). The molecule has 0 aliphatic rings. The minimum atomic E-state index is -5.72. The molecule has 0 aromatic rings. The van der Waals surface area contributed by atoms with Gasteiger partial charge >= 0.3 is 18.1 Å². The van der Waals surface area contributed by atoms with E-state index in [4.69, 9.17) is 4.74 Å². The molecule has 0 aromatic heterocycles. The first kappa shape index (κ1) is 22.9. The molecule has 2 nitrogen and oxygen atoms in total. The lowest BCUT2D eigenvalue weighted by Gasteiger charge is -2.16. The van der Waals surface area contributed by atoms with Crippen LogP contribution in [-0.4, -0.2) is 24.7 Å². The molecule has 0 N–H and O–H groups in total. The first-order valence-electron chi connectivity index (χ1n) is 8.43. The van der Waals surface area contributed by atoms with Gasteiger partial charge < -0.3 is 4.74 Å². The fraction of sp³-hybridized carbons (Fsp3) is 0.824. The van der Waals surface area contributed by atoms with Crippen LogP contribution in [0.1, 0.15) is 71.6 Å². The van der Waals surface area contributed by atoms with Gasteiger partial charge in [-0.1, -0.05) is 58.3 Å². The highest BCUT2D eigenvalue weighted by Crippen LogP contribution is 2.37. The maximum Gasteiger partial charge on any atom is 0.457 e. The zero-order valence-electron chi connectivity index (χ0n) is 14.4. The molecule has 0 aliphatic heterocycles. The van der Waals surface area contributed by atoms with E-state index in [1.165, 1.54) is 25.7 Å². The second-order valence-electron chi connectivity index (χ2n) is 5.91. The maximum absolute atomic E-state index is 12.8. The molecule has 0 aromatic carbocycles. The van der Waals surface area contributed by atoms with E-state index < -0.39 is 29.7 Å². The molecule has 24 heavy (non-hydrogen) atoms. The number of alkyl halides is 5. The third kappa shape index (κ3) is 9.88. The summed E-state index contributed by atoms with van der Waals surface area (Å²) in [6, 6.07) is 0. The van der Waals surface area contributed by atoms with Crippen molar-refractivity contribution in [3.8, 4) is 0 Å². The number of hydrogen-bond acceptors (Lipinski definition) is 2. The minimum Gasteiger partial charge on any atom is -0.462 e. The van der Waals surface area contributed by atoms with E-state index in [-0.39, 0.29) is 6.61 Å². The lowest BCUT2D eigenvalue weighted by Crippen LogP contribution is -2.35. The van der Waals surface area contributed by atoms with Crippen LogP contribution in [0.5, 0.6) is 0 Å². The van der Waals surface area contributed by atoms with Gasteiger partial charge in [0.25, 0.3) is 0 Å². The minimum absolute atomic E-state index is 0.0252. The molecule has 0 unspecified atom stereocenters. The summed E-state index contributed by atoms with van der Waals surface area (Å²) in [7, 11) is 0. The van der Waals surface area contributed by atoms with Crippen LogP contribution < -0.4 is 0 Å². The van der Waals surface area contributed by atoms with Crippen molar-refractivity contribution < 1.29 is 31.5 Å². The van der Waals surface area contributed by atoms with Crippen LogP contribution in [0.25, 0.3) is 0 Å². The van der Waals surface area contributed by atoms with Crippen molar-refractivity contribution in [2.45, 2.75) is 83.7 Å². The summed E-state index contributed by atoms with van der Waals surface area (Å²) in [6.45, 7) is 3.07. The summed E-state index contributed by atoms with van der Waals surface area (Å²) in [6.07, 6.45) is 3.43. The molecule has 0 saturated heterocycles. The molecule has 0 bridgehead atoms. The summed E-state index contributed by atoms with van der Waals surface area (Å²) in [4.78, 5) is 11.4. The standard InChI is InChI=1S/C17H27F5O2/c1-3-4-5-6-7-8-9-10-11-12-24-15(23)14(2)13-16(18,19)17(20,21)22/h13H,3-12H2,1-2H3. The zero-order valence-corrected chi connectivity index (χ0v) is 14.4. The van der Waals surface area contributed by atoms with Crippen molar-refractivity contribution in [2.24, 2.45) is 0 Å². The maximum atomic E-state index is 12.8. The fourth-order valence-corrected chi connectivity index (χ4v) is 2.10. The van der Waals surface area contributed by atoms with Crippen LogP contribution in [0.15, 0.2) is 11.6 Å². The number of esters is 1. The van der Waals surface area contributed by atoms with Crippen molar-refractivity contribution >= 4 is 5.97 Å². The topological polar surface area (TPSA) is 26.3 Å². The average Bonchev–Trinajstić information content (AvgIpc) is 2.47. The Morgan fingerprint density at radius 3 is 1.79 bits per heavy atom. The normalized spacial score (nSPS) is 13.2. The number of ether oxygens (including phenoxy) is 1. The summed E-state index contributed by atoms with van der Waals surface area (Å²) < 4.78 is 66.4. The van der Waals surface area contributed by atoms with E-state index in [1.807, 2.05) is 0 Å². The largest absolute Gasteiger partial charge is 0.462 e. The van der Waals surface area contributed by atoms with Crippen LogP contribution in [-0.2, 0) is 9.53 Å². The van der Waals surface area contributed by atoms with Gasteiger partial charge in [0.1, 0.15) is 0 Å². The average molecular weight is 358 g/mol. The molecule has 0 radical (unpaired) electrons. The first-order valence-corrected chi connectivity index (χ1v) is 8.43. The second kappa shape index (κ2) is 11.4. The van der Waals surface area contributed by atoms with Crippen LogP contribution in [0.3, 0.4) is 0 Å². The Bertz CT molecular complexity index is 389. The Kier molecular flexibility index (Phi) is 10.9. The summed E-state index contributed by atoms with van der Waals surface area (Å²) in [5.41, 5.74) is -0.742. The fourth-order valence-electron chi connectivity index (χ4n) is 2.10. The molecule has 0 aliphatic carbocycles. The number of carbonyl (C=O) groups excluding carboxylic acids is 1. The van der Waals surface area contributed by atoms with Crippen molar-refractivity contribution in [3.05, 3.63) is 11.6 Å². The van der Waals surface area contributed by atoms with Gasteiger partial charge in [0.2, 0.25) is 0 Å². The third-order valence-electron chi connectivity index (χ3n) is 3.58. The van der Waals surface area contributed by atoms with E-state index in [1.54, 1.807) is 0 Å². The van der Waals surface area contributed by atoms with Gasteiger partial charge in [0.05, 0.1) is 6.61 Å². The van der Waals surface area contributed by atoms with Gasteiger partial charge in [-0.05, 0) is 13.3 Å². The third-order valence-corrected chi connectivity index (χ3v) is 3.58. The van der Waals surface area contributed by atoms with E-state index in [9.17, 15) is 26.7 Å². The monoisotopic (exact) mass is 358 g/mol. The molecule has 0 saturated carbocycles. The molecular formula is C17H27F5O2. The number of allylic oxidation sites excluding steroid dienone is 1. The van der Waals surface area contributed by atoms with Crippen LogP contribution >= 0.6 is 0 Å². The molecule has 0 heterocycles.